The Bertz CT molecular complexity index is 1070. The maximum absolute atomic E-state index is 12.5. The average molecular weight is 482 g/mol. The van der Waals surface area contributed by atoms with Crippen LogP contribution in [0.4, 0.5) is 5.13 Å². The van der Waals surface area contributed by atoms with Gasteiger partial charge in [0, 0.05) is 22.0 Å². The molecule has 1 N–H and O–H groups in total. The zero-order valence-corrected chi connectivity index (χ0v) is 18.8. The highest BCUT2D eigenvalue weighted by Gasteiger charge is 2.12. The third-order valence-electron chi connectivity index (χ3n) is 4.09. The van der Waals surface area contributed by atoms with Crippen molar-refractivity contribution in [2.45, 2.75) is 19.8 Å². The zero-order valence-electron chi connectivity index (χ0n) is 16.4. The molecule has 5 nitrogen and oxygen atoms in total. The van der Waals surface area contributed by atoms with E-state index < -0.39 is 5.91 Å². The van der Waals surface area contributed by atoms with Crippen molar-refractivity contribution < 1.29 is 9.53 Å². The molecule has 0 spiro atoms. The predicted molar refractivity (Wildman–Crippen MR) is 124 cm³/mol. The van der Waals surface area contributed by atoms with Crippen LogP contribution in [0, 0.1) is 11.3 Å². The Morgan fingerprint density at radius 3 is 2.63 bits per heavy atom. The first-order valence-corrected chi connectivity index (χ1v) is 11.0. The minimum Gasteiger partial charge on any atom is -0.494 e. The smallest absolute Gasteiger partial charge is 0.268 e. The van der Waals surface area contributed by atoms with Crippen LogP contribution in [0.5, 0.6) is 5.75 Å². The number of nitrogens with zero attached hydrogens (tertiary/aromatic N) is 2. The van der Waals surface area contributed by atoms with Crippen LogP contribution >= 0.6 is 27.3 Å². The predicted octanol–water partition coefficient (Wildman–Crippen LogP) is 5.83. The molecule has 0 saturated carbocycles. The summed E-state index contributed by atoms with van der Waals surface area (Å²) in [7, 11) is 0. The van der Waals surface area contributed by atoms with Crippen molar-refractivity contribution in [3.05, 3.63) is 80.8 Å². The van der Waals surface area contributed by atoms with Crippen molar-refractivity contribution in [3.8, 4) is 11.8 Å². The second kappa shape index (κ2) is 10.7. The number of benzene rings is 2. The number of aromatic nitrogens is 1. The van der Waals surface area contributed by atoms with Gasteiger partial charge in [-0.1, -0.05) is 47.1 Å². The summed E-state index contributed by atoms with van der Waals surface area (Å²) in [6, 6.07) is 17.3. The molecule has 0 aliphatic carbocycles. The Balaban J connectivity index is 1.63. The summed E-state index contributed by atoms with van der Waals surface area (Å²) in [5, 5.41) is 12.6. The van der Waals surface area contributed by atoms with E-state index in [1.54, 1.807) is 12.3 Å². The Kier molecular flexibility index (Phi) is 7.77. The largest absolute Gasteiger partial charge is 0.494 e. The molecule has 2 aromatic carbocycles. The molecule has 0 bridgehead atoms. The van der Waals surface area contributed by atoms with E-state index in [0.717, 1.165) is 39.1 Å². The SMILES string of the molecule is CCCOc1ccc(/C=C(/C#N)C(=O)Nc2ncc(Cc3ccc(Br)cc3)s2)cc1. The first kappa shape index (κ1) is 21.8. The van der Waals surface area contributed by atoms with Crippen LogP contribution in [0.3, 0.4) is 0 Å². The lowest BCUT2D eigenvalue weighted by molar-refractivity contribution is -0.112. The van der Waals surface area contributed by atoms with Crippen LogP contribution in [0.1, 0.15) is 29.3 Å². The monoisotopic (exact) mass is 481 g/mol. The number of ether oxygens (including phenoxy) is 1. The fourth-order valence-corrected chi connectivity index (χ4v) is 3.72. The minimum absolute atomic E-state index is 0.0156. The standard InChI is InChI=1S/C23H20BrN3O2S/c1-2-11-29-20-9-5-16(6-10-20)12-18(14-25)22(28)27-23-26-15-21(30-23)13-17-3-7-19(24)8-4-17/h3-10,12,15H,2,11,13H2,1H3,(H,26,27,28)/b18-12-. The first-order chi connectivity index (χ1) is 14.6. The molecule has 1 heterocycles. The van der Waals surface area contributed by atoms with Gasteiger partial charge in [0.05, 0.1) is 6.61 Å². The number of carbonyl (C=O) groups excluding carboxylic acids is 1. The number of anilines is 1. The number of amides is 1. The van der Waals surface area contributed by atoms with Gasteiger partial charge < -0.3 is 4.74 Å². The van der Waals surface area contributed by atoms with Gasteiger partial charge in [0.2, 0.25) is 0 Å². The van der Waals surface area contributed by atoms with Gasteiger partial charge in [0.15, 0.2) is 5.13 Å². The molecule has 0 aliphatic rings. The van der Waals surface area contributed by atoms with Gasteiger partial charge in [-0.3, -0.25) is 10.1 Å². The molecule has 152 valence electrons. The molecule has 1 aromatic heterocycles. The molecule has 0 aliphatic heterocycles. The fourth-order valence-electron chi connectivity index (χ4n) is 2.61. The highest BCUT2D eigenvalue weighted by molar-refractivity contribution is 9.10. The summed E-state index contributed by atoms with van der Waals surface area (Å²) in [5.41, 5.74) is 1.92. The maximum Gasteiger partial charge on any atom is 0.268 e. The van der Waals surface area contributed by atoms with Crippen LogP contribution in [-0.2, 0) is 11.2 Å². The molecule has 0 atom stereocenters. The number of hydrogen-bond donors (Lipinski definition) is 1. The number of rotatable bonds is 8. The van der Waals surface area contributed by atoms with Crippen LogP contribution < -0.4 is 10.1 Å². The number of hydrogen-bond acceptors (Lipinski definition) is 5. The number of nitrogens with one attached hydrogen (secondary N) is 1. The molecule has 3 aromatic rings. The highest BCUT2D eigenvalue weighted by Crippen LogP contribution is 2.23. The van der Waals surface area contributed by atoms with Crippen LogP contribution in [0.2, 0.25) is 0 Å². The Labute approximate surface area is 188 Å². The molecule has 0 fully saturated rings. The lowest BCUT2D eigenvalue weighted by Crippen LogP contribution is -2.13. The molecule has 3 rings (SSSR count). The molecular weight excluding hydrogens is 462 g/mol. The number of nitriles is 1. The van der Waals surface area contributed by atoms with Gasteiger partial charge in [-0.15, -0.1) is 11.3 Å². The van der Waals surface area contributed by atoms with E-state index in [2.05, 4.69) is 26.2 Å². The van der Waals surface area contributed by atoms with Crippen LogP contribution in [0.15, 0.2) is 64.8 Å². The lowest BCUT2D eigenvalue weighted by atomic mass is 10.1. The van der Waals surface area contributed by atoms with Crippen molar-refractivity contribution in [1.29, 1.82) is 5.26 Å². The van der Waals surface area contributed by atoms with E-state index in [4.69, 9.17) is 4.74 Å². The van der Waals surface area contributed by atoms with E-state index in [1.165, 1.54) is 11.3 Å². The number of halogens is 1. The van der Waals surface area contributed by atoms with Crippen molar-refractivity contribution in [2.24, 2.45) is 0 Å². The molecule has 0 radical (unpaired) electrons. The summed E-state index contributed by atoms with van der Waals surface area (Å²) >= 11 is 4.82. The quantitative estimate of drug-likeness (QED) is 0.324. The fraction of sp³-hybridized carbons (Fsp3) is 0.174. The Morgan fingerprint density at radius 1 is 1.23 bits per heavy atom. The Morgan fingerprint density at radius 2 is 1.97 bits per heavy atom. The second-order valence-electron chi connectivity index (χ2n) is 6.48. The second-order valence-corrected chi connectivity index (χ2v) is 8.51. The molecule has 0 unspecified atom stereocenters. The first-order valence-electron chi connectivity index (χ1n) is 9.42. The van der Waals surface area contributed by atoms with Gasteiger partial charge in [-0.2, -0.15) is 5.26 Å². The van der Waals surface area contributed by atoms with Crippen molar-refractivity contribution in [1.82, 2.24) is 4.98 Å². The zero-order chi connectivity index (χ0) is 21.3. The molecule has 30 heavy (non-hydrogen) atoms. The number of carbonyl (C=O) groups is 1. The molecule has 0 saturated heterocycles. The topological polar surface area (TPSA) is 75.0 Å². The molecular formula is C23H20BrN3O2S. The van der Waals surface area contributed by atoms with Crippen LogP contribution in [-0.4, -0.2) is 17.5 Å². The average Bonchev–Trinajstić information content (AvgIpc) is 3.19. The molecule has 7 heteroatoms. The summed E-state index contributed by atoms with van der Waals surface area (Å²) < 4.78 is 6.57. The molecule has 1 amide bonds. The van der Waals surface area contributed by atoms with Crippen LogP contribution in [0.25, 0.3) is 6.08 Å². The Hall–Kier alpha value is -2.95. The van der Waals surface area contributed by atoms with E-state index in [1.807, 2.05) is 61.5 Å². The number of thiazole rings is 1. The van der Waals surface area contributed by atoms with Gasteiger partial charge >= 0.3 is 0 Å². The van der Waals surface area contributed by atoms with E-state index >= 15 is 0 Å². The van der Waals surface area contributed by atoms with E-state index in [-0.39, 0.29) is 5.57 Å². The minimum atomic E-state index is -0.478. The van der Waals surface area contributed by atoms with Gasteiger partial charge in [-0.25, -0.2) is 4.98 Å². The van der Waals surface area contributed by atoms with Gasteiger partial charge in [0.25, 0.3) is 5.91 Å². The lowest BCUT2D eigenvalue weighted by Gasteiger charge is -2.04. The van der Waals surface area contributed by atoms with Gasteiger partial charge in [-0.05, 0) is 47.9 Å². The van der Waals surface area contributed by atoms with Crippen molar-refractivity contribution in [3.63, 3.8) is 0 Å². The van der Waals surface area contributed by atoms with Gasteiger partial charge in [0.1, 0.15) is 17.4 Å². The summed E-state index contributed by atoms with van der Waals surface area (Å²) in [6.07, 6.45) is 4.96. The van der Waals surface area contributed by atoms with E-state index in [9.17, 15) is 10.1 Å². The van der Waals surface area contributed by atoms with E-state index in [0.29, 0.717) is 11.7 Å². The van der Waals surface area contributed by atoms with Crippen molar-refractivity contribution in [2.75, 3.05) is 11.9 Å². The maximum atomic E-state index is 12.5. The summed E-state index contributed by atoms with van der Waals surface area (Å²) in [5.74, 6) is 0.284. The third-order valence-corrected chi connectivity index (χ3v) is 5.54. The normalized spacial score (nSPS) is 11.0. The highest BCUT2D eigenvalue weighted by atomic mass is 79.9. The summed E-state index contributed by atoms with van der Waals surface area (Å²) in [6.45, 7) is 2.69. The third kappa shape index (κ3) is 6.28. The summed E-state index contributed by atoms with van der Waals surface area (Å²) in [4.78, 5) is 17.8. The van der Waals surface area contributed by atoms with Crippen molar-refractivity contribution >= 4 is 44.4 Å².